The molecular weight excluding hydrogens is 783 g/mol. The largest absolute Gasteiger partial charge is 0.493 e. The Labute approximate surface area is 363 Å². The third kappa shape index (κ3) is 9.11. The molecule has 5 aliphatic rings. The van der Waals surface area contributed by atoms with Crippen LogP contribution < -0.4 is 20.7 Å². The van der Waals surface area contributed by atoms with E-state index < -0.39 is 11.9 Å². The van der Waals surface area contributed by atoms with Crippen LogP contribution in [0.1, 0.15) is 90.9 Å². The van der Waals surface area contributed by atoms with Gasteiger partial charge in [0.15, 0.2) is 0 Å². The lowest BCUT2D eigenvalue weighted by atomic mass is 9.82. The minimum Gasteiger partial charge on any atom is -0.493 e. The molecule has 0 saturated carbocycles. The summed E-state index contributed by atoms with van der Waals surface area (Å²) < 4.78 is 6.20. The van der Waals surface area contributed by atoms with Gasteiger partial charge in [0.1, 0.15) is 11.8 Å². The number of anilines is 2. The van der Waals surface area contributed by atoms with Gasteiger partial charge in [0.25, 0.3) is 5.91 Å². The summed E-state index contributed by atoms with van der Waals surface area (Å²) in [5, 5.41) is 19.4. The Morgan fingerprint density at radius 3 is 2.55 bits per heavy atom. The third-order valence-electron chi connectivity index (χ3n) is 13.7. The van der Waals surface area contributed by atoms with Crippen molar-refractivity contribution in [3.8, 4) is 16.9 Å². The van der Waals surface area contributed by atoms with Crippen LogP contribution in [0.2, 0.25) is 0 Å². The van der Waals surface area contributed by atoms with Gasteiger partial charge in [0.05, 0.1) is 25.8 Å². The van der Waals surface area contributed by atoms with E-state index in [0.717, 1.165) is 99.3 Å². The first-order chi connectivity index (χ1) is 30.3. The average Bonchev–Trinajstić information content (AvgIpc) is 3.86. The summed E-state index contributed by atoms with van der Waals surface area (Å²) in [5.41, 5.74) is 7.89. The van der Waals surface area contributed by atoms with E-state index in [-0.39, 0.29) is 42.8 Å². The number of likely N-dealkylation sites (tertiary alicyclic amines) is 2. The van der Waals surface area contributed by atoms with Crippen LogP contribution in [-0.2, 0) is 27.5 Å². The molecule has 0 radical (unpaired) electrons. The number of piperidine rings is 2. The van der Waals surface area contributed by atoms with Crippen molar-refractivity contribution in [2.45, 2.75) is 89.0 Å². The van der Waals surface area contributed by atoms with E-state index in [9.17, 15) is 24.3 Å². The van der Waals surface area contributed by atoms with Crippen molar-refractivity contribution in [3.05, 3.63) is 107 Å². The molecule has 9 rings (SSSR count). The molecule has 0 spiro atoms. The fourth-order valence-corrected chi connectivity index (χ4v) is 10.4. The number of benzene rings is 3. The van der Waals surface area contributed by atoms with Gasteiger partial charge in [-0.15, -0.1) is 0 Å². The molecule has 13 nitrogen and oxygen atoms in total. The first-order valence-corrected chi connectivity index (χ1v) is 22.5. The molecule has 5 aliphatic heterocycles. The quantitative estimate of drug-likeness (QED) is 0.0810. The summed E-state index contributed by atoms with van der Waals surface area (Å²) in [6, 6.07) is 23.9. The average molecular weight is 840 g/mol. The second-order valence-corrected chi connectivity index (χ2v) is 17.6. The van der Waals surface area contributed by atoms with E-state index in [1.54, 1.807) is 11.0 Å². The minimum atomic E-state index is -0.642. The number of hydrogen-bond donors (Lipinski definition) is 4. The van der Waals surface area contributed by atoms with Crippen LogP contribution in [0, 0.1) is 11.8 Å². The number of nitrogens with zero attached hydrogens (tertiary/aromatic N) is 4. The number of rotatable bonds is 15. The van der Waals surface area contributed by atoms with E-state index in [1.165, 1.54) is 11.1 Å². The van der Waals surface area contributed by atoms with E-state index in [2.05, 4.69) is 73.2 Å². The number of imide groups is 1. The summed E-state index contributed by atoms with van der Waals surface area (Å²) in [5.74, 6) is 0.764. The fourth-order valence-electron chi connectivity index (χ4n) is 10.4. The van der Waals surface area contributed by atoms with Crippen molar-refractivity contribution in [1.29, 1.82) is 0 Å². The van der Waals surface area contributed by atoms with Crippen molar-refractivity contribution < 1.29 is 29.0 Å². The summed E-state index contributed by atoms with van der Waals surface area (Å²) in [6.07, 6.45) is 10.8. The van der Waals surface area contributed by atoms with E-state index in [0.29, 0.717) is 49.1 Å². The van der Waals surface area contributed by atoms with Crippen molar-refractivity contribution in [3.63, 3.8) is 0 Å². The smallest absolute Gasteiger partial charge is 0.255 e. The van der Waals surface area contributed by atoms with Gasteiger partial charge in [-0.3, -0.25) is 34.4 Å². The summed E-state index contributed by atoms with van der Waals surface area (Å²) in [4.78, 5) is 61.1. The number of amides is 4. The molecule has 1 unspecified atom stereocenters. The number of aromatic nitrogens is 1. The summed E-state index contributed by atoms with van der Waals surface area (Å²) >= 11 is 0. The molecule has 324 valence electrons. The normalized spacial score (nSPS) is 22.7. The Hall–Kier alpha value is -5.63. The molecule has 0 bridgehead atoms. The maximum absolute atomic E-state index is 13.2. The summed E-state index contributed by atoms with van der Waals surface area (Å²) in [7, 11) is 0. The van der Waals surface area contributed by atoms with E-state index in [4.69, 9.17) is 4.74 Å². The highest BCUT2D eigenvalue weighted by atomic mass is 16.5. The van der Waals surface area contributed by atoms with Crippen LogP contribution >= 0.6 is 0 Å². The third-order valence-corrected chi connectivity index (χ3v) is 13.7. The fraction of sp³-hybridized carbons (Fsp3) is 0.449. The predicted molar refractivity (Wildman–Crippen MR) is 236 cm³/mol. The molecule has 3 fully saturated rings. The molecule has 4 N–H and O–H groups in total. The number of carbonyl (C=O) groups is 4. The lowest BCUT2D eigenvalue weighted by Gasteiger charge is -2.39. The predicted octanol–water partition coefficient (Wildman–Crippen LogP) is 6.15. The van der Waals surface area contributed by atoms with Crippen LogP contribution in [0.25, 0.3) is 11.1 Å². The standard InChI is InChI=1S/C49H57N7O6/c57-31-42-38-19-25-55(29-33-15-20-50-21-16-33)47(38)39-28-35(11-12-41(39)52-42)34-6-1-7-36(27-34)51-45(58)10-3-22-54-23-17-32(18-24-54)5-4-26-62-44-9-2-8-37-40(44)30-56(49(37)61)43-13-14-46(59)53-48(43)60/h1-2,6-9,11-12,15-16,20-21,27-28,32,38,42-43,47,52,57H,3-5,10,13-14,17-19,22-26,29-31H2,(H,51,58)(H,53,59,60)/t38-,42-,43?,47-/m1/s1. The van der Waals surface area contributed by atoms with Crippen molar-refractivity contribution in [2.24, 2.45) is 11.8 Å². The van der Waals surface area contributed by atoms with Crippen LogP contribution in [0.15, 0.2) is 85.2 Å². The number of carbonyl (C=O) groups excluding carboxylic acids is 4. The molecule has 1 aromatic heterocycles. The SMILES string of the molecule is O=C1CCC(N2Cc3c(OCCCC4CCN(CCCC(=O)Nc5cccc(-c6ccc7c(c6)[C@H]6[C@H](CCN6Cc6ccncc6)[C@@H](CO)N7)c5)CC4)cccc3C2=O)C(=O)N1. The van der Waals surface area contributed by atoms with E-state index >= 15 is 0 Å². The molecule has 4 amide bonds. The monoisotopic (exact) mass is 839 g/mol. The lowest BCUT2D eigenvalue weighted by molar-refractivity contribution is -0.137. The zero-order valence-electron chi connectivity index (χ0n) is 35.3. The molecule has 3 aromatic carbocycles. The Bertz CT molecular complexity index is 2280. The first kappa shape index (κ1) is 41.7. The maximum atomic E-state index is 13.2. The maximum Gasteiger partial charge on any atom is 0.255 e. The van der Waals surface area contributed by atoms with Gasteiger partial charge in [-0.1, -0.05) is 24.3 Å². The Morgan fingerprint density at radius 1 is 0.903 bits per heavy atom. The van der Waals surface area contributed by atoms with Gasteiger partial charge < -0.3 is 30.3 Å². The van der Waals surface area contributed by atoms with Crippen molar-refractivity contribution in [1.82, 2.24) is 25.0 Å². The number of nitrogens with one attached hydrogen (secondary N) is 3. The molecule has 4 aromatic rings. The van der Waals surface area contributed by atoms with Crippen LogP contribution in [0.5, 0.6) is 5.75 Å². The van der Waals surface area contributed by atoms with Crippen LogP contribution in [0.3, 0.4) is 0 Å². The molecule has 13 heteroatoms. The second-order valence-electron chi connectivity index (χ2n) is 17.6. The van der Waals surface area contributed by atoms with Gasteiger partial charge in [0.2, 0.25) is 17.7 Å². The molecule has 3 saturated heterocycles. The number of aliphatic hydroxyl groups excluding tert-OH is 1. The zero-order chi connectivity index (χ0) is 42.6. The second kappa shape index (κ2) is 18.8. The highest BCUT2D eigenvalue weighted by molar-refractivity contribution is 6.05. The van der Waals surface area contributed by atoms with Crippen molar-refractivity contribution >= 4 is 35.0 Å². The molecule has 0 aliphatic carbocycles. The van der Waals surface area contributed by atoms with Crippen LogP contribution in [0.4, 0.5) is 11.4 Å². The van der Waals surface area contributed by atoms with Gasteiger partial charge in [-0.25, -0.2) is 0 Å². The minimum absolute atomic E-state index is 0.0199. The summed E-state index contributed by atoms with van der Waals surface area (Å²) in [6.45, 7) is 5.73. The molecule has 6 heterocycles. The van der Waals surface area contributed by atoms with Crippen LogP contribution in [-0.4, -0.2) is 99.9 Å². The number of ether oxygens (including phenoxy) is 1. The van der Waals surface area contributed by atoms with Gasteiger partial charge in [-0.05, 0) is 148 Å². The highest BCUT2D eigenvalue weighted by Gasteiger charge is 2.44. The number of aliphatic hydroxyl groups is 1. The highest BCUT2D eigenvalue weighted by Crippen LogP contribution is 2.48. The van der Waals surface area contributed by atoms with Gasteiger partial charge >= 0.3 is 0 Å². The van der Waals surface area contributed by atoms with Crippen molar-refractivity contribution in [2.75, 3.05) is 50.0 Å². The molecule has 62 heavy (non-hydrogen) atoms. The number of pyridine rings is 1. The Kier molecular flexibility index (Phi) is 12.6. The molecule has 4 atom stereocenters. The number of hydrogen-bond acceptors (Lipinski definition) is 10. The molecular formula is C49H57N7O6. The Balaban J connectivity index is 0.708. The van der Waals surface area contributed by atoms with E-state index in [1.807, 2.05) is 36.7 Å². The zero-order valence-corrected chi connectivity index (χ0v) is 35.3. The topological polar surface area (TPSA) is 156 Å². The number of fused-ring (bicyclic) bond motifs is 4. The van der Waals surface area contributed by atoms with Gasteiger partial charge in [0, 0.05) is 66.2 Å². The lowest BCUT2D eigenvalue weighted by Crippen LogP contribution is -2.52. The Morgan fingerprint density at radius 2 is 1.73 bits per heavy atom. The first-order valence-electron chi connectivity index (χ1n) is 22.5. The van der Waals surface area contributed by atoms with Gasteiger partial charge in [-0.2, -0.15) is 0 Å².